The minimum atomic E-state index is -4.48. The molecule has 0 spiro atoms. The molecule has 0 saturated heterocycles. The van der Waals surface area contributed by atoms with Crippen LogP contribution in [0.15, 0.2) is 18.2 Å². The number of nitrogens with two attached hydrogens (primary N) is 1. The first kappa shape index (κ1) is 15.0. The number of hydrogen-bond donors (Lipinski definition) is 1. The van der Waals surface area contributed by atoms with Gasteiger partial charge in [-0.2, -0.15) is 13.2 Å². The molecule has 102 valence electrons. The molecule has 1 rings (SSSR count). The molecule has 0 fully saturated rings. The van der Waals surface area contributed by atoms with Gasteiger partial charge >= 0.3 is 6.18 Å². The van der Waals surface area contributed by atoms with Crippen molar-refractivity contribution in [2.45, 2.75) is 37.4 Å². The van der Waals surface area contributed by atoms with Gasteiger partial charge in [-0.1, -0.05) is 6.07 Å². The van der Waals surface area contributed by atoms with Gasteiger partial charge in [-0.15, -0.1) is 0 Å². The van der Waals surface area contributed by atoms with Crippen molar-refractivity contribution in [3.05, 3.63) is 29.3 Å². The maximum Gasteiger partial charge on any atom is 0.416 e. The van der Waals surface area contributed by atoms with Gasteiger partial charge in [0.15, 0.2) is 0 Å². The Kier molecular flexibility index (Phi) is 4.10. The largest absolute Gasteiger partial charge is 0.416 e. The van der Waals surface area contributed by atoms with Crippen LogP contribution in [0.4, 0.5) is 18.9 Å². The SMILES string of the molecule is CC(C)(C)S(=O)Cc1ccc(N)cc1C(F)(F)F. The number of alkyl halides is 3. The number of rotatable bonds is 2. The molecule has 18 heavy (non-hydrogen) atoms. The molecule has 0 saturated carbocycles. The first-order valence-corrected chi connectivity index (χ1v) is 6.68. The zero-order chi connectivity index (χ0) is 14.1. The molecular weight excluding hydrogens is 263 g/mol. The second-order valence-corrected chi connectivity index (χ2v) is 7.22. The summed E-state index contributed by atoms with van der Waals surface area (Å²) in [5.74, 6) is -0.126. The molecule has 2 N–H and O–H groups in total. The van der Waals surface area contributed by atoms with Gasteiger partial charge in [0.25, 0.3) is 0 Å². The Bertz CT molecular complexity index is 463. The van der Waals surface area contributed by atoms with Gasteiger partial charge < -0.3 is 5.73 Å². The molecule has 0 bridgehead atoms. The summed E-state index contributed by atoms with van der Waals surface area (Å²) in [6, 6.07) is 3.57. The van der Waals surface area contributed by atoms with Crippen molar-refractivity contribution in [3.63, 3.8) is 0 Å². The fourth-order valence-corrected chi connectivity index (χ4v) is 2.31. The molecular formula is C12H16F3NOS. The fraction of sp³-hybridized carbons (Fsp3) is 0.500. The molecule has 1 aromatic rings. The van der Waals surface area contributed by atoms with Gasteiger partial charge in [0, 0.05) is 27.0 Å². The topological polar surface area (TPSA) is 43.1 Å². The van der Waals surface area contributed by atoms with Gasteiger partial charge in [0.05, 0.1) is 5.56 Å². The van der Waals surface area contributed by atoms with Gasteiger partial charge in [0.1, 0.15) is 0 Å². The second-order valence-electron chi connectivity index (χ2n) is 5.02. The molecule has 0 aliphatic carbocycles. The van der Waals surface area contributed by atoms with Crippen LogP contribution in [0.25, 0.3) is 0 Å². The predicted octanol–water partition coefficient (Wildman–Crippen LogP) is 3.33. The summed E-state index contributed by atoms with van der Waals surface area (Å²) in [5.41, 5.74) is 4.63. The van der Waals surface area contributed by atoms with Crippen LogP contribution in [-0.4, -0.2) is 8.96 Å². The van der Waals surface area contributed by atoms with Gasteiger partial charge in [0.2, 0.25) is 0 Å². The number of anilines is 1. The lowest BCUT2D eigenvalue weighted by Gasteiger charge is -2.20. The van der Waals surface area contributed by atoms with Gasteiger partial charge in [-0.05, 0) is 38.5 Å². The highest BCUT2D eigenvalue weighted by Gasteiger charge is 2.34. The molecule has 6 heteroatoms. The summed E-state index contributed by atoms with van der Waals surface area (Å²) in [7, 11) is -1.38. The maximum atomic E-state index is 12.8. The van der Waals surface area contributed by atoms with Crippen LogP contribution in [0, 0.1) is 0 Å². The molecule has 0 heterocycles. The minimum Gasteiger partial charge on any atom is -0.399 e. The highest BCUT2D eigenvalue weighted by Crippen LogP contribution is 2.34. The summed E-state index contributed by atoms with van der Waals surface area (Å²) in [4.78, 5) is 0. The Morgan fingerprint density at radius 2 is 1.78 bits per heavy atom. The summed E-state index contributed by atoms with van der Waals surface area (Å²) in [5, 5.41) is 0. The third kappa shape index (κ3) is 3.73. The molecule has 0 amide bonds. The lowest BCUT2D eigenvalue weighted by Crippen LogP contribution is -2.24. The molecule has 0 aliphatic rings. The zero-order valence-electron chi connectivity index (χ0n) is 10.5. The normalized spacial score (nSPS) is 14.6. The zero-order valence-corrected chi connectivity index (χ0v) is 11.3. The predicted molar refractivity (Wildman–Crippen MR) is 67.5 cm³/mol. The smallest absolute Gasteiger partial charge is 0.399 e. The van der Waals surface area contributed by atoms with Crippen LogP contribution < -0.4 is 5.73 Å². The van der Waals surface area contributed by atoms with E-state index >= 15 is 0 Å². The van der Waals surface area contributed by atoms with Crippen LogP contribution in [0.2, 0.25) is 0 Å². The van der Waals surface area contributed by atoms with E-state index in [4.69, 9.17) is 5.73 Å². The minimum absolute atomic E-state index is 0.0185. The molecule has 1 atom stereocenters. The lowest BCUT2D eigenvalue weighted by atomic mass is 10.1. The van der Waals surface area contributed by atoms with E-state index in [2.05, 4.69) is 0 Å². The lowest BCUT2D eigenvalue weighted by molar-refractivity contribution is -0.138. The van der Waals surface area contributed by atoms with E-state index in [0.29, 0.717) is 0 Å². The highest BCUT2D eigenvalue weighted by atomic mass is 32.2. The summed E-state index contributed by atoms with van der Waals surface area (Å²) in [6.07, 6.45) is -4.48. The summed E-state index contributed by atoms with van der Waals surface area (Å²) in [6.45, 7) is 5.19. The standard InChI is InChI=1S/C12H16F3NOS/c1-11(2,3)18(17)7-8-4-5-9(16)6-10(8)12(13,14)15/h4-6H,7,16H2,1-3H3. The van der Waals surface area contributed by atoms with E-state index in [1.807, 2.05) is 0 Å². The van der Waals surface area contributed by atoms with Gasteiger partial charge in [-0.3, -0.25) is 4.21 Å². The quantitative estimate of drug-likeness (QED) is 0.844. The van der Waals surface area contributed by atoms with Crippen molar-refractivity contribution in [1.29, 1.82) is 0 Å². The third-order valence-corrected chi connectivity index (χ3v) is 4.35. The summed E-state index contributed by atoms with van der Waals surface area (Å²) >= 11 is 0. The average Bonchev–Trinajstić information content (AvgIpc) is 2.17. The van der Waals surface area contributed by atoms with Crippen molar-refractivity contribution in [3.8, 4) is 0 Å². The van der Waals surface area contributed by atoms with Crippen molar-refractivity contribution < 1.29 is 17.4 Å². The molecule has 0 aliphatic heterocycles. The van der Waals surface area contributed by atoms with E-state index in [9.17, 15) is 17.4 Å². The maximum absolute atomic E-state index is 12.8. The van der Waals surface area contributed by atoms with E-state index < -0.39 is 27.3 Å². The van der Waals surface area contributed by atoms with Crippen molar-refractivity contribution in [2.75, 3.05) is 5.73 Å². The van der Waals surface area contributed by atoms with Crippen molar-refractivity contribution in [1.82, 2.24) is 0 Å². The second kappa shape index (κ2) is 4.91. The van der Waals surface area contributed by atoms with E-state index in [0.717, 1.165) is 6.07 Å². The van der Waals surface area contributed by atoms with E-state index in [1.165, 1.54) is 12.1 Å². The van der Waals surface area contributed by atoms with Gasteiger partial charge in [-0.25, -0.2) is 0 Å². The van der Waals surface area contributed by atoms with Crippen LogP contribution >= 0.6 is 0 Å². The number of nitrogen functional groups attached to an aromatic ring is 1. The van der Waals surface area contributed by atoms with Crippen LogP contribution in [-0.2, 0) is 22.7 Å². The Balaban J connectivity index is 3.14. The Morgan fingerprint density at radius 1 is 1.22 bits per heavy atom. The van der Waals surface area contributed by atoms with E-state index in [-0.39, 0.29) is 17.0 Å². The molecule has 1 aromatic carbocycles. The molecule has 1 unspecified atom stereocenters. The summed E-state index contributed by atoms with van der Waals surface area (Å²) < 4.78 is 49.8. The van der Waals surface area contributed by atoms with Crippen LogP contribution in [0.5, 0.6) is 0 Å². The monoisotopic (exact) mass is 279 g/mol. The highest BCUT2D eigenvalue weighted by molar-refractivity contribution is 7.85. The Labute approximate surface area is 107 Å². The van der Waals surface area contributed by atoms with Crippen molar-refractivity contribution >= 4 is 16.5 Å². The average molecular weight is 279 g/mol. The first-order chi connectivity index (χ1) is 8.01. The molecule has 0 aromatic heterocycles. The Hall–Kier alpha value is -1.04. The fourth-order valence-electron chi connectivity index (χ4n) is 1.34. The third-order valence-electron chi connectivity index (χ3n) is 2.41. The number of benzene rings is 1. The van der Waals surface area contributed by atoms with Crippen molar-refractivity contribution in [2.24, 2.45) is 0 Å². The number of halogens is 3. The molecule has 0 radical (unpaired) electrons. The van der Waals surface area contributed by atoms with Crippen LogP contribution in [0.1, 0.15) is 31.9 Å². The Morgan fingerprint density at radius 3 is 2.22 bits per heavy atom. The molecule has 2 nitrogen and oxygen atoms in total. The van der Waals surface area contributed by atoms with Crippen LogP contribution in [0.3, 0.4) is 0 Å². The number of hydrogen-bond acceptors (Lipinski definition) is 2. The van der Waals surface area contributed by atoms with E-state index in [1.54, 1.807) is 20.8 Å². The first-order valence-electron chi connectivity index (χ1n) is 5.36.